The van der Waals surface area contributed by atoms with Crippen LogP contribution >= 0.6 is 27.3 Å². The lowest BCUT2D eigenvalue weighted by Crippen LogP contribution is -1.87. The Morgan fingerprint density at radius 1 is 1.62 bits per heavy atom. The summed E-state index contributed by atoms with van der Waals surface area (Å²) >= 11 is 4.96. The summed E-state index contributed by atoms with van der Waals surface area (Å²) in [4.78, 5) is 5.04. The molecule has 13 heavy (non-hydrogen) atoms. The molecule has 0 radical (unpaired) electrons. The van der Waals surface area contributed by atoms with E-state index in [9.17, 15) is 0 Å². The Labute approximate surface area is 87.8 Å². The first kappa shape index (κ1) is 8.77. The highest BCUT2D eigenvalue weighted by atomic mass is 79.9. The van der Waals surface area contributed by atoms with Gasteiger partial charge in [0.1, 0.15) is 0 Å². The average molecular weight is 259 g/mol. The second-order valence-corrected chi connectivity index (χ2v) is 4.49. The van der Waals surface area contributed by atoms with E-state index in [4.69, 9.17) is 5.11 Å². The molecule has 2 aromatic heterocycles. The molecular weight excluding hydrogens is 252 g/mol. The predicted octanol–water partition coefficient (Wildman–Crippen LogP) is 2.62. The Kier molecular flexibility index (Phi) is 2.13. The van der Waals surface area contributed by atoms with Crippen molar-refractivity contribution in [2.24, 2.45) is 7.05 Å². The molecule has 2 heterocycles. The number of nitrogens with zero attached hydrogens (tertiary/aromatic N) is 2. The molecule has 0 spiro atoms. The second-order valence-electron chi connectivity index (χ2n) is 2.66. The van der Waals surface area contributed by atoms with Gasteiger partial charge >= 0.3 is 0 Å². The Hall–Kier alpha value is -0.810. The van der Waals surface area contributed by atoms with E-state index in [0.717, 1.165) is 15.2 Å². The van der Waals surface area contributed by atoms with Crippen LogP contribution in [0.5, 0.6) is 5.88 Å². The van der Waals surface area contributed by atoms with E-state index >= 15 is 0 Å². The highest BCUT2D eigenvalue weighted by molar-refractivity contribution is 9.10. The topological polar surface area (TPSA) is 38.0 Å². The van der Waals surface area contributed by atoms with Gasteiger partial charge in [-0.3, -0.25) is 0 Å². The van der Waals surface area contributed by atoms with Gasteiger partial charge in [0.2, 0.25) is 5.88 Å². The number of aromatic hydroxyl groups is 1. The zero-order valence-electron chi connectivity index (χ0n) is 6.86. The SMILES string of the molecule is Cn1cc(O)nc1-c1cc(Br)cs1. The highest BCUT2D eigenvalue weighted by Crippen LogP contribution is 2.29. The molecule has 0 aliphatic carbocycles. The number of hydrogen-bond acceptors (Lipinski definition) is 3. The quantitative estimate of drug-likeness (QED) is 0.854. The molecular formula is C8H7BrN2OS. The molecule has 0 fully saturated rings. The maximum atomic E-state index is 9.16. The van der Waals surface area contributed by atoms with Crippen LogP contribution < -0.4 is 0 Å². The average Bonchev–Trinajstić information content (AvgIpc) is 2.58. The van der Waals surface area contributed by atoms with Crippen LogP contribution in [0.25, 0.3) is 10.7 Å². The molecule has 0 saturated heterocycles. The van der Waals surface area contributed by atoms with Crippen molar-refractivity contribution in [1.29, 1.82) is 0 Å². The molecule has 0 amide bonds. The van der Waals surface area contributed by atoms with Crippen LogP contribution in [0.1, 0.15) is 0 Å². The van der Waals surface area contributed by atoms with E-state index in [2.05, 4.69) is 20.9 Å². The van der Waals surface area contributed by atoms with Gasteiger partial charge < -0.3 is 9.67 Å². The van der Waals surface area contributed by atoms with E-state index in [-0.39, 0.29) is 5.88 Å². The zero-order chi connectivity index (χ0) is 9.42. The summed E-state index contributed by atoms with van der Waals surface area (Å²) < 4.78 is 2.84. The molecule has 2 aromatic rings. The molecule has 0 aromatic carbocycles. The molecule has 0 bridgehead atoms. The van der Waals surface area contributed by atoms with Gasteiger partial charge in [-0.2, -0.15) is 4.98 Å². The minimum absolute atomic E-state index is 0.0574. The van der Waals surface area contributed by atoms with E-state index in [1.165, 1.54) is 0 Å². The van der Waals surface area contributed by atoms with Crippen molar-refractivity contribution < 1.29 is 5.11 Å². The molecule has 3 nitrogen and oxygen atoms in total. The van der Waals surface area contributed by atoms with Gasteiger partial charge in [-0.25, -0.2) is 0 Å². The van der Waals surface area contributed by atoms with Crippen LogP contribution in [-0.2, 0) is 7.05 Å². The second kappa shape index (κ2) is 3.16. The van der Waals surface area contributed by atoms with E-state index in [0.29, 0.717) is 0 Å². The van der Waals surface area contributed by atoms with Crippen molar-refractivity contribution in [1.82, 2.24) is 9.55 Å². The third-order valence-electron chi connectivity index (χ3n) is 1.65. The van der Waals surface area contributed by atoms with Crippen molar-refractivity contribution >= 4 is 27.3 Å². The molecule has 5 heteroatoms. The van der Waals surface area contributed by atoms with Gasteiger partial charge in [0.15, 0.2) is 5.82 Å². The summed E-state index contributed by atoms with van der Waals surface area (Å²) in [5.74, 6) is 0.843. The minimum Gasteiger partial charge on any atom is -0.492 e. The number of imidazole rings is 1. The van der Waals surface area contributed by atoms with Crippen molar-refractivity contribution in [3.63, 3.8) is 0 Å². The van der Waals surface area contributed by atoms with Crippen molar-refractivity contribution in [3.05, 3.63) is 22.1 Å². The molecule has 68 valence electrons. The van der Waals surface area contributed by atoms with Crippen LogP contribution in [0, 0.1) is 0 Å². The van der Waals surface area contributed by atoms with Crippen LogP contribution in [0.3, 0.4) is 0 Å². The van der Waals surface area contributed by atoms with E-state index < -0.39 is 0 Å². The fourth-order valence-electron chi connectivity index (χ4n) is 1.11. The van der Waals surface area contributed by atoms with Gasteiger partial charge in [-0.05, 0) is 22.0 Å². The number of hydrogen-bond donors (Lipinski definition) is 1. The van der Waals surface area contributed by atoms with Gasteiger partial charge in [0.25, 0.3) is 0 Å². The van der Waals surface area contributed by atoms with E-state index in [1.807, 2.05) is 18.5 Å². The van der Waals surface area contributed by atoms with Gasteiger partial charge in [0.05, 0.1) is 11.1 Å². The maximum Gasteiger partial charge on any atom is 0.229 e. The van der Waals surface area contributed by atoms with Crippen LogP contribution in [0.2, 0.25) is 0 Å². The summed E-state index contributed by atoms with van der Waals surface area (Å²) in [6, 6.07) is 1.98. The number of halogens is 1. The Balaban J connectivity index is 2.51. The number of thiophene rings is 1. The largest absolute Gasteiger partial charge is 0.492 e. The fourth-order valence-corrected chi connectivity index (χ4v) is 2.57. The van der Waals surface area contributed by atoms with Gasteiger partial charge in [0, 0.05) is 16.9 Å². The molecule has 0 aliphatic rings. The molecule has 0 saturated carbocycles. The number of rotatable bonds is 1. The number of aryl methyl sites for hydroxylation is 1. The lowest BCUT2D eigenvalue weighted by Gasteiger charge is -1.94. The maximum absolute atomic E-state index is 9.16. The lowest BCUT2D eigenvalue weighted by atomic mass is 10.4. The molecule has 1 N–H and O–H groups in total. The third-order valence-corrected chi connectivity index (χ3v) is 3.34. The van der Waals surface area contributed by atoms with E-state index in [1.54, 1.807) is 22.1 Å². The normalized spacial score (nSPS) is 10.6. The zero-order valence-corrected chi connectivity index (χ0v) is 9.26. The van der Waals surface area contributed by atoms with Gasteiger partial charge in [-0.1, -0.05) is 0 Å². The standard InChI is InChI=1S/C8H7BrN2OS/c1-11-3-7(12)10-8(11)6-2-5(9)4-13-6/h2-4,12H,1H3. The molecule has 0 aliphatic heterocycles. The first-order chi connectivity index (χ1) is 6.16. The number of aromatic nitrogens is 2. The summed E-state index contributed by atoms with van der Waals surface area (Å²) in [6.07, 6.45) is 1.59. The van der Waals surface area contributed by atoms with Crippen molar-refractivity contribution in [3.8, 4) is 16.6 Å². The predicted molar refractivity (Wildman–Crippen MR) is 55.9 cm³/mol. The molecule has 0 unspecified atom stereocenters. The summed E-state index contributed by atoms with van der Waals surface area (Å²) in [5, 5.41) is 11.2. The molecule has 0 atom stereocenters. The van der Waals surface area contributed by atoms with Crippen molar-refractivity contribution in [2.75, 3.05) is 0 Å². The summed E-state index contributed by atoms with van der Waals surface area (Å²) in [5.41, 5.74) is 0. The van der Waals surface area contributed by atoms with Gasteiger partial charge in [-0.15, -0.1) is 11.3 Å². The Morgan fingerprint density at radius 2 is 2.38 bits per heavy atom. The monoisotopic (exact) mass is 258 g/mol. The third kappa shape index (κ3) is 1.62. The highest BCUT2D eigenvalue weighted by Gasteiger charge is 2.08. The Bertz CT molecular complexity index is 435. The first-order valence-electron chi connectivity index (χ1n) is 3.63. The summed E-state index contributed by atoms with van der Waals surface area (Å²) in [6.45, 7) is 0. The van der Waals surface area contributed by atoms with Crippen LogP contribution in [0.4, 0.5) is 0 Å². The first-order valence-corrected chi connectivity index (χ1v) is 5.31. The van der Waals surface area contributed by atoms with Crippen molar-refractivity contribution in [2.45, 2.75) is 0 Å². The molecule has 2 rings (SSSR count). The Morgan fingerprint density at radius 3 is 2.85 bits per heavy atom. The lowest BCUT2D eigenvalue weighted by molar-refractivity contribution is 0.456. The summed E-state index contributed by atoms with van der Waals surface area (Å²) in [7, 11) is 1.86. The smallest absolute Gasteiger partial charge is 0.229 e. The fraction of sp³-hybridized carbons (Fsp3) is 0.125. The van der Waals surface area contributed by atoms with Crippen LogP contribution in [0.15, 0.2) is 22.1 Å². The van der Waals surface area contributed by atoms with Crippen LogP contribution in [-0.4, -0.2) is 14.7 Å². The minimum atomic E-state index is 0.0574.